The molecule has 0 heterocycles. The zero-order valence-corrected chi connectivity index (χ0v) is 11.3. The molecule has 0 atom stereocenters. The number of benzene rings is 1. The average Bonchev–Trinajstić information content (AvgIpc) is 2.12. The quantitative estimate of drug-likeness (QED) is 0.919. The van der Waals surface area contributed by atoms with Gasteiger partial charge in [0, 0.05) is 4.47 Å². The van der Waals surface area contributed by atoms with Crippen LogP contribution in [0, 0.1) is 0 Å². The van der Waals surface area contributed by atoms with Crippen molar-refractivity contribution < 1.29 is 27.8 Å². The van der Waals surface area contributed by atoms with E-state index >= 15 is 0 Å². The van der Waals surface area contributed by atoms with Gasteiger partial charge >= 0.3 is 6.36 Å². The van der Waals surface area contributed by atoms with Crippen molar-refractivity contribution in [2.75, 3.05) is 6.61 Å². The van der Waals surface area contributed by atoms with Crippen LogP contribution in [0.4, 0.5) is 13.2 Å². The third-order valence-electron chi connectivity index (χ3n) is 1.71. The molecule has 1 aromatic carbocycles. The van der Waals surface area contributed by atoms with Gasteiger partial charge in [-0.3, -0.25) is 0 Å². The first kappa shape index (κ1) is 15.1. The van der Waals surface area contributed by atoms with Crippen LogP contribution >= 0.6 is 15.9 Å². The third-order valence-corrected chi connectivity index (χ3v) is 2.21. The van der Waals surface area contributed by atoms with Crippen LogP contribution in [0.25, 0.3) is 0 Å². The molecule has 0 saturated heterocycles. The average molecular weight is 329 g/mol. The second-order valence-corrected chi connectivity index (χ2v) is 5.16. The molecule has 0 amide bonds. The van der Waals surface area contributed by atoms with Crippen LogP contribution in [-0.4, -0.2) is 23.7 Å². The highest BCUT2D eigenvalue weighted by Gasteiger charge is 2.32. The van der Waals surface area contributed by atoms with Gasteiger partial charge in [0.15, 0.2) is 11.5 Å². The van der Waals surface area contributed by atoms with E-state index in [0.717, 1.165) is 6.07 Å². The minimum absolute atomic E-state index is 0.0855. The molecule has 0 bridgehead atoms. The van der Waals surface area contributed by atoms with Crippen molar-refractivity contribution in [3.63, 3.8) is 0 Å². The van der Waals surface area contributed by atoms with E-state index in [1.54, 1.807) is 0 Å². The Kier molecular flexibility index (Phi) is 4.50. The topological polar surface area (TPSA) is 38.7 Å². The van der Waals surface area contributed by atoms with Crippen LogP contribution in [-0.2, 0) is 0 Å². The number of aliphatic hydroxyl groups is 1. The van der Waals surface area contributed by atoms with Gasteiger partial charge in [-0.25, -0.2) is 0 Å². The van der Waals surface area contributed by atoms with Gasteiger partial charge in [-0.1, -0.05) is 15.9 Å². The lowest BCUT2D eigenvalue weighted by molar-refractivity contribution is -0.275. The number of hydrogen-bond donors (Lipinski definition) is 1. The number of rotatable bonds is 4. The van der Waals surface area contributed by atoms with Crippen LogP contribution in [0.1, 0.15) is 13.8 Å². The molecular weight excluding hydrogens is 317 g/mol. The smallest absolute Gasteiger partial charge is 0.487 e. The highest BCUT2D eigenvalue weighted by Crippen LogP contribution is 2.34. The van der Waals surface area contributed by atoms with Gasteiger partial charge < -0.3 is 14.6 Å². The molecule has 1 aromatic rings. The Balaban J connectivity index is 2.90. The van der Waals surface area contributed by atoms with Crippen LogP contribution in [0.15, 0.2) is 22.7 Å². The van der Waals surface area contributed by atoms with Gasteiger partial charge in [-0.15, -0.1) is 13.2 Å². The number of alkyl halides is 3. The Bertz CT molecular complexity index is 413. The summed E-state index contributed by atoms with van der Waals surface area (Å²) in [6.07, 6.45) is -4.80. The monoisotopic (exact) mass is 328 g/mol. The molecule has 0 unspecified atom stereocenters. The second kappa shape index (κ2) is 5.36. The maximum Gasteiger partial charge on any atom is 0.573 e. The van der Waals surface area contributed by atoms with Crippen LogP contribution in [0.3, 0.4) is 0 Å². The van der Waals surface area contributed by atoms with Crippen molar-refractivity contribution in [3.8, 4) is 11.5 Å². The summed E-state index contributed by atoms with van der Waals surface area (Å²) in [4.78, 5) is 0. The van der Waals surface area contributed by atoms with Crippen molar-refractivity contribution >= 4 is 15.9 Å². The molecule has 18 heavy (non-hydrogen) atoms. The van der Waals surface area contributed by atoms with Gasteiger partial charge in [0.05, 0.1) is 5.60 Å². The summed E-state index contributed by atoms with van der Waals surface area (Å²) in [5.74, 6) is -0.543. The van der Waals surface area contributed by atoms with Crippen LogP contribution in [0.5, 0.6) is 11.5 Å². The molecule has 0 aliphatic heterocycles. The summed E-state index contributed by atoms with van der Waals surface area (Å²) in [5.41, 5.74) is -1.15. The van der Waals surface area contributed by atoms with E-state index < -0.39 is 17.7 Å². The minimum Gasteiger partial charge on any atom is -0.487 e. The van der Waals surface area contributed by atoms with Gasteiger partial charge in [0.2, 0.25) is 0 Å². The zero-order valence-electron chi connectivity index (χ0n) is 9.71. The normalized spacial score (nSPS) is 12.4. The summed E-state index contributed by atoms with van der Waals surface area (Å²) in [5, 5.41) is 9.46. The van der Waals surface area contributed by atoms with Gasteiger partial charge in [-0.05, 0) is 32.0 Å². The number of ether oxygens (including phenoxy) is 2. The molecule has 0 saturated carbocycles. The van der Waals surface area contributed by atoms with E-state index in [2.05, 4.69) is 20.7 Å². The molecule has 7 heteroatoms. The Morgan fingerprint density at radius 1 is 1.22 bits per heavy atom. The molecule has 1 N–H and O–H groups in total. The molecule has 3 nitrogen and oxygen atoms in total. The van der Waals surface area contributed by atoms with E-state index in [1.807, 2.05) is 0 Å². The number of halogens is 4. The summed E-state index contributed by atoms with van der Waals surface area (Å²) in [6.45, 7) is 2.81. The number of hydrogen-bond acceptors (Lipinski definition) is 3. The molecule has 0 spiro atoms. The molecule has 0 aromatic heterocycles. The highest BCUT2D eigenvalue weighted by molar-refractivity contribution is 9.10. The van der Waals surface area contributed by atoms with Gasteiger partial charge in [0.1, 0.15) is 6.61 Å². The highest BCUT2D eigenvalue weighted by atomic mass is 79.9. The first-order chi connectivity index (χ1) is 8.07. The van der Waals surface area contributed by atoms with Crippen molar-refractivity contribution in [3.05, 3.63) is 22.7 Å². The van der Waals surface area contributed by atoms with Crippen molar-refractivity contribution in [2.45, 2.75) is 25.8 Å². The fourth-order valence-electron chi connectivity index (χ4n) is 1.06. The lowest BCUT2D eigenvalue weighted by atomic mass is 10.2. The standard InChI is InChI=1S/C11H12BrF3O3/c1-10(2,16)6-17-8-4-3-7(12)5-9(8)18-11(13,14)15/h3-5,16H,6H2,1-2H3. The fourth-order valence-corrected chi connectivity index (χ4v) is 1.40. The van der Waals surface area contributed by atoms with E-state index in [-0.39, 0.29) is 12.4 Å². The molecule has 0 fully saturated rings. The van der Waals surface area contributed by atoms with E-state index in [9.17, 15) is 18.3 Å². The minimum atomic E-state index is -4.80. The summed E-state index contributed by atoms with van der Waals surface area (Å²) in [7, 11) is 0. The molecular formula is C11H12BrF3O3. The molecule has 102 valence electrons. The van der Waals surface area contributed by atoms with E-state index in [1.165, 1.54) is 26.0 Å². The molecule has 0 aliphatic rings. The van der Waals surface area contributed by atoms with E-state index in [0.29, 0.717) is 4.47 Å². The predicted molar refractivity (Wildman–Crippen MR) is 62.6 cm³/mol. The van der Waals surface area contributed by atoms with Crippen molar-refractivity contribution in [2.24, 2.45) is 0 Å². The molecule has 1 rings (SSSR count). The predicted octanol–water partition coefficient (Wildman–Crippen LogP) is 3.50. The first-order valence-corrected chi connectivity index (χ1v) is 5.77. The van der Waals surface area contributed by atoms with Crippen LogP contribution in [0.2, 0.25) is 0 Å². The maximum atomic E-state index is 12.2. The van der Waals surface area contributed by atoms with Crippen molar-refractivity contribution in [1.29, 1.82) is 0 Å². The van der Waals surface area contributed by atoms with Crippen molar-refractivity contribution in [1.82, 2.24) is 0 Å². The zero-order chi connectivity index (χ0) is 14.0. The second-order valence-electron chi connectivity index (χ2n) is 4.24. The SMILES string of the molecule is CC(C)(O)COc1ccc(Br)cc1OC(F)(F)F. The summed E-state index contributed by atoms with van der Waals surface area (Å²) in [6, 6.07) is 3.99. The maximum absolute atomic E-state index is 12.2. The molecule has 0 aliphatic carbocycles. The summed E-state index contributed by atoms with van der Waals surface area (Å²) < 4.78 is 45.9. The van der Waals surface area contributed by atoms with Crippen LogP contribution < -0.4 is 9.47 Å². The molecule has 0 radical (unpaired) electrons. The van der Waals surface area contributed by atoms with Gasteiger partial charge in [-0.2, -0.15) is 0 Å². The third kappa shape index (κ3) is 5.59. The lowest BCUT2D eigenvalue weighted by Gasteiger charge is -2.20. The summed E-state index contributed by atoms with van der Waals surface area (Å²) >= 11 is 3.04. The largest absolute Gasteiger partial charge is 0.573 e. The Hall–Kier alpha value is -0.950. The fraction of sp³-hybridized carbons (Fsp3) is 0.455. The van der Waals surface area contributed by atoms with Gasteiger partial charge in [0.25, 0.3) is 0 Å². The van der Waals surface area contributed by atoms with E-state index in [4.69, 9.17) is 4.74 Å². The Morgan fingerprint density at radius 2 is 1.83 bits per heavy atom. The Morgan fingerprint density at radius 3 is 2.33 bits per heavy atom. The Labute approximate surface area is 111 Å². The lowest BCUT2D eigenvalue weighted by Crippen LogP contribution is -2.28. The first-order valence-electron chi connectivity index (χ1n) is 4.97.